The molecule has 0 aliphatic carbocycles. The summed E-state index contributed by atoms with van der Waals surface area (Å²) in [5.41, 5.74) is 2.48. The summed E-state index contributed by atoms with van der Waals surface area (Å²) in [6.45, 7) is 3.32. The number of nitrogens with one attached hydrogen (secondary N) is 1. The zero-order chi connectivity index (χ0) is 20.2. The van der Waals surface area contributed by atoms with Crippen molar-refractivity contribution in [3.05, 3.63) is 64.7 Å². The van der Waals surface area contributed by atoms with Crippen molar-refractivity contribution in [3.63, 3.8) is 0 Å². The standard InChI is InChI=1S/C23H26ClN3O2/c24-20-7-5-18(6-8-20)23(29)26-15-19-3-1-2-4-21(19)27(22(28)16-26)14-11-17-9-12-25-13-10-17/h1-8,17,25H,9-16H2. The summed E-state index contributed by atoms with van der Waals surface area (Å²) >= 11 is 5.95. The molecule has 6 heteroatoms. The lowest BCUT2D eigenvalue weighted by molar-refractivity contribution is -0.119. The van der Waals surface area contributed by atoms with E-state index < -0.39 is 0 Å². The summed E-state index contributed by atoms with van der Waals surface area (Å²) < 4.78 is 0. The van der Waals surface area contributed by atoms with Crippen LogP contribution in [0.2, 0.25) is 5.02 Å². The Morgan fingerprint density at radius 2 is 1.76 bits per heavy atom. The Hall–Kier alpha value is -2.37. The van der Waals surface area contributed by atoms with Crippen LogP contribution in [0, 0.1) is 5.92 Å². The van der Waals surface area contributed by atoms with Gasteiger partial charge in [-0.05, 0) is 74.2 Å². The molecular formula is C23H26ClN3O2. The lowest BCUT2D eigenvalue weighted by Crippen LogP contribution is -2.41. The molecule has 2 aromatic carbocycles. The van der Waals surface area contributed by atoms with E-state index in [1.165, 1.54) is 0 Å². The molecule has 0 bridgehead atoms. The van der Waals surface area contributed by atoms with Crippen LogP contribution in [-0.4, -0.2) is 42.9 Å². The minimum absolute atomic E-state index is 0.0220. The number of rotatable bonds is 4. The number of halogens is 1. The topological polar surface area (TPSA) is 52.7 Å². The molecule has 1 N–H and O–H groups in total. The number of carbonyl (C=O) groups excluding carboxylic acids is 2. The molecule has 0 saturated carbocycles. The van der Waals surface area contributed by atoms with Gasteiger partial charge in [-0.3, -0.25) is 9.59 Å². The highest BCUT2D eigenvalue weighted by molar-refractivity contribution is 6.30. The fourth-order valence-corrected chi connectivity index (χ4v) is 4.32. The van der Waals surface area contributed by atoms with Crippen LogP contribution in [-0.2, 0) is 11.3 Å². The van der Waals surface area contributed by atoms with Crippen molar-refractivity contribution in [2.45, 2.75) is 25.8 Å². The molecule has 0 atom stereocenters. The Bertz CT molecular complexity index is 878. The number of piperidine rings is 1. The van der Waals surface area contributed by atoms with E-state index in [2.05, 4.69) is 5.32 Å². The van der Waals surface area contributed by atoms with Crippen LogP contribution in [0.15, 0.2) is 48.5 Å². The van der Waals surface area contributed by atoms with E-state index in [0.717, 1.165) is 43.6 Å². The quantitative estimate of drug-likeness (QED) is 0.834. The molecule has 5 nitrogen and oxygen atoms in total. The van der Waals surface area contributed by atoms with Crippen molar-refractivity contribution in [1.29, 1.82) is 0 Å². The Morgan fingerprint density at radius 3 is 2.52 bits per heavy atom. The number of anilines is 1. The monoisotopic (exact) mass is 411 g/mol. The van der Waals surface area contributed by atoms with Gasteiger partial charge in [-0.2, -0.15) is 0 Å². The Morgan fingerprint density at radius 1 is 1.03 bits per heavy atom. The number of hydrogen-bond acceptors (Lipinski definition) is 3. The lowest BCUT2D eigenvalue weighted by atomic mass is 9.94. The van der Waals surface area contributed by atoms with Crippen molar-refractivity contribution in [2.75, 3.05) is 31.1 Å². The number of hydrogen-bond donors (Lipinski definition) is 1. The molecule has 2 aliphatic heterocycles. The molecule has 4 rings (SSSR count). The molecule has 2 aliphatic rings. The lowest BCUT2D eigenvalue weighted by Gasteiger charge is -2.27. The smallest absolute Gasteiger partial charge is 0.254 e. The van der Waals surface area contributed by atoms with E-state index in [-0.39, 0.29) is 18.4 Å². The molecule has 2 heterocycles. The number of benzene rings is 2. The second-order valence-corrected chi connectivity index (χ2v) is 8.26. The summed E-state index contributed by atoms with van der Waals surface area (Å²) in [5.74, 6) is 0.475. The van der Waals surface area contributed by atoms with Crippen LogP contribution in [0.5, 0.6) is 0 Å². The number of carbonyl (C=O) groups is 2. The highest BCUT2D eigenvalue weighted by Crippen LogP contribution is 2.28. The maximum absolute atomic E-state index is 13.1. The van der Waals surface area contributed by atoms with Crippen LogP contribution >= 0.6 is 11.6 Å². The van der Waals surface area contributed by atoms with Crippen molar-refractivity contribution >= 4 is 29.1 Å². The molecule has 152 valence electrons. The van der Waals surface area contributed by atoms with Crippen LogP contribution in [0.1, 0.15) is 35.2 Å². The van der Waals surface area contributed by atoms with Gasteiger partial charge in [0.05, 0.1) is 0 Å². The van der Waals surface area contributed by atoms with Crippen LogP contribution in [0.3, 0.4) is 0 Å². The molecule has 0 aromatic heterocycles. The molecule has 1 fully saturated rings. The molecule has 2 aromatic rings. The van der Waals surface area contributed by atoms with Crippen molar-refractivity contribution < 1.29 is 9.59 Å². The first kappa shape index (κ1) is 19.9. The normalized spacial score (nSPS) is 17.8. The second kappa shape index (κ2) is 8.97. The molecule has 0 radical (unpaired) electrons. The first-order valence-corrected chi connectivity index (χ1v) is 10.6. The first-order chi connectivity index (χ1) is 14.1. The molecule has 2 amide bonds. The van der Waals surface area contributed by atoms with Crippen molar-refractivity contribution in [3.8, 4) is 0 Å². The van der Waals surface area contributed by atoms with Gasteiger partial charge in [0.1, 0.15) is 6.54 Å². The van der Waals surface area contributed by atoms with Gasteiger partial charge in [0.2, 0.25) is 5.91 Å². The zero-order valence-electron chi connectivity index (χ0n) is 16.4. The van der Waals surface area contributed by atoms with Gasteiger partial charge in [0.25, 0.3) is 5.91 Å². The summed E-state index contributed by atoms with van der Waals surface area (Å²) in [4.78, 5) is 29.7. The molecule has 1 saturated heterocycles. The minimum Gasteiger partial charge on any atom is -0.325 e. The maximum Gasteiger partial charge on any atom is 0.254 e. The third-order valence-corrected chi connectivity index (χ3v) is 6.12. The fourth-order valence-electron chi connectivity index (χ4n) is 4.20. The van der Waals surface area contributed by atoms with E-state index in [4.69, 9.17) is 11.6 Å². The largest absolute Gasteiger partial charge is 0.325 e. The van der Waals surface area contributed by atoms with Gasteiger partial charge >= 0.3 is 0 Å². The maximum atomic E-state index is 13.1. The number of nitrogens with zero attached hydrogens (tertiary/aromatic N) is 2. The van der Waals surface area contributed by atoms with Gasteiger partial charge in [-0.25, -0.2) is 0 Å². The van der Waals surface area contributed by atoms with Crippen molar-refractivity contribution in [2.24, 2.45) is 5.92 Å². The van der Waals surface area contributed by atoms with Gasteiger partial charge in [-0.15, -0.1) is 0 Å². The average Bonchev–Trinajstić information content (AvgIpc) is 2.89. The average molecular weight is 412 g/mol. The summed E-state index contributed by atoms with van der Waals surface area (Å²) in [6, 6.07) is 14.7. The highest BCUT2D eigenvalue weighted by atomic mass is 35.5. The Balaban J connectivity index is 1.54. The zero-order valence-corrected chi connectivity index (χ0v) is 17.2. The fraction of sp³-hybridized carbons (Fsp3) is 0.391. The van der Waals surface area contributed by atoms with Crippen LogP contribution in [0.4, 0.5) is 5.69 Å². The van der Waals surface area contributed by atoms with E-state index in [9.17, 15) is 9.59 Å². The van der Waals surface area contributed by atoms with Crippen LogP contribution in [0.25, 0.3) is 0 Å². The number of para-hydroxylation sites is 1. The predicted octanol–water partition coefficient (Wildman–Crippen LogP) is 3.72. The van der Waals surface area contributed by atoms with E-state index in [1.54, 1.807) is 29.2 Å². The number of fused-ring (bicyclic) bond motifs is 1. The SMILES string of the molecule is O=C(c1ccc(Cl)cc1)N1CC(=O)N(CCC2CCNCC2)c2ccccc2C1. The molecule has 0 spiro atoms. The number of amides is 2. The van der Waals surface area contributed by atoms with E-state index in [0.29, 0.717) is 29.6 Å². The molecular weight excluding hydrogens is 386 g/mol. The molecule has 0 unspecified atom stereocenters. The predicted molar refractivity (Wildman–Crippen MR) is 115 cm³/mol. The summed E-state index contributed by atoms with van der Waals surface area (Å²) in [5, 5.41) is 3.98. The van der Waals surface area contributed by atoms with Gasteiger partial charge in [0, 0.05) is 29.4 Å². The second-order valence-electron chi connectivity index (χ2n) is 7.82. The third kappa shape index (κ3) is 4.62. The summed E-state index contributed by atoms with van der Waals surface area (Å²) in [6.07, 6.45) is 3.31. The van der Waals surface area contributed by atoms with Crippen LogP contribution < -0.4 is 10.2 Å². The Labute approximate surface area is 176 Å². The Kier molecular flexibility index (Phi) is 6.16. The highest BCUT2D eigenvalue weighted by Gasteiger charge is 2.29. The van der Waals surface area contributed by atoms with Gasteiger partial charge < -0.3 is 15.1 Å². The third-order valence-electron chi connectivity index (χ3n) is 5.87. The van der Waals surface area contributed by atoms with Gasteiger partial charge in [0.15, 0.2) is 0 Å². The molecule has 29 heavy (non-hydrogen) atoms. The summed E-state index contributed by atoms with van der Waals surface area (Å²) in [7, 11) is 0. The van der Waals surface area contributed by atoms with E-state index in [1.807, 2.05) is 29.2 Å². The van der Waals surface area contributed by atoms with Gasteiger partial charge in [-0.1, -0.05) is 29.8 Å². The van der Waals surface area contributed by atoms with E-state index >= 15 is 0 Å². The minimum atomic E-state index is -0.148. The van der Waals surface area contributed by atoms with Crippen molar-refractivity contribution in [1.82, 2.24) is 10.2 Å². The first-order valence-electron chi connectivity index (χ1n) is 10.3.